The molecule has 0 unspecified atom stereocenters. The SMILES string of the molecule is O=[N+]([O-])c1cccnc1-n1cncn1. The Morgan fingerprint density at radius 1 is 1.50 bits per heavy atom. The smallest absolute Gasteiger partial charge is 0.258 e. The first-order chi connectivity index (χ1) is 6.79. The van der Waals surface area contributed by atoms with E-state index in [-0.39, 0.29) is 11.5 Å². The van der Waals surface area contributed by atoms with Crippen molar-refractivity contribution in [3.05, 3.63) is 41.1 Å². The van der Waals surface area contributed by atoms with Crippen molar-refractivity contribution in [2.24, 2.45) is 0 Å². The maximum Gasteiger partial charge on any atom is 0.313 e. The second kappa shape index (κ2) is 3.21. The Labute approximate surface area is 78.2 Å². The third-order valence-electron chi connectivity index (χ3n) is 1.60. The minimum absolute atomic E-state index is 0.0991. The molecule has 0 spiro atoms. The number of nitro groups is 1. The molecule has 2 rings (SSSR count). The molecular weight excluding hydrogens is 186 g/mol. The first-order valence-electron chi connectivity index (χ1n) is 3.73. The second-order valence-corrected chi connectivity index (χ2v) is 2.44. The molecule has 0 aliphatic heterocycles. The van der Waals surface area contributed by atoms with Gasteiger partial charge in [0.15, 0.2) is 0 Å². The standard InChI is InChI=1S/C7H5N5O2/c13-12(14)6-2-1-3-9-7(6)11-5-8-4-10-11/h1-5H. The van der Waals surface area contributed by atoms with Crippen LogP contribution in [0, 0.1) is 10.1 Å². The molecule has 0 N–H and O–H groups in total. The average Bonchev–Trinajstić information content (AvgIpc) is 2.70. The summed E-state index contributed by atoms with van der Waals surface area (Å²) >= 11 is 0. The van der Waals surface area contributed by atoms with E-state index in [0.29, 0.717) is 0 Å². The molecule has 0 saturated heterocycles. The second-order valence-electron chi connectivity index (χ2n) is 2.44. The van der Waals surface area contributed by atoms with Gasteiger partial charge in [-0.1, -0.05) is 0 Å². The minimum Gasteiger partial charge on any atom is -0.258 e. The van der Waals surface area contributed by atoms with Crippen molar-refractivity contribution in [1.82, 2.24) is 19.7 Å². The lowest BCUT2D eigenvalue weighted by atomic mass is 10.4. The van der Waals surface area contributed by atoms with Gasteiger partial charge in [-0.2, -0.15) is 9.78 Å². The van der Waals surface area contributed by atoms with Crippen molar-refractivity contribution in [1.29, 1.82) is 0 Å². The molecule has 0 radical (unpaired) electrons. The predicted octanol–water partition coefficient (Wildman–Crippen LogP) is 0.570. The predicted molar refractivity (Wildman–Crippen MR) is 45.8 cm³/mol. The number of pyridine rings is 1. The van der Waals surface area contributed by atoms with Crippen LogP contribution in [0.25, 0.3) is 5.82 Å². The van der Waals surface area contributed by atoms with E-state index in [4.69, 9.17) is 0 Å². The van der Waals surface area contributed by atoms with Crippen LogP contribution in [-0.2, 0) is 0 Å². The van der Waals surface area contributed by atoms with E-state index in [1.165, 1.54) is 35.7 Å². The fraction of sp³-hybridized carbons (Fsp3) is 0. The molecular formula is C7H5N5O2. The first-order valence-corrected chi connectivity index (χ1v) is 3.73. The molecule has 0 fully saturated rings. The highest BCUT2D eigenvalue weighted by Crippen LogP contribution is 2.17. The van der Waals surface area contributed by atoms with E-state index in [1.807, 2.05) is 0 Å². The lowest BCUT2D eigenvalue weighted by Crippen LogP contribution is -2.02. The molecule has 0 bridgehead atoms. The average molecular weight is 191 g/mol. The van der Waals surface area contributed by atoms with E-state index in [9.17, 15) is 10.1 Å². The molecule has 2 aromatic heterocycles. The van der Waals surface area contributed by atoms with Gasteiger partial charge < -0.3 is 0 Å². The van der Waals surface area contributed by atoms with Crippen LogP contribution in [0.3, 0.4) is 0 Å². The molecule has 0 atom stereocenters. The molecule has 70 valence electrons. The zero-order valence-corrected chi connectivity index (χ0v) is 6.94. The van der Waals surface area contributed by atoms with Gasteiger partial charge in [-0.05, 0) is 6.07 Å². The van der Waals surface area contributed by atoms with Crippen molar-refractivity contribution in [2.45, 2.75) is 0 Å². The van der Waals surface area contributed by atoms with Crippen LogP contribution in [0.1, 0.15) is 0 Å². The van der Waals surface area contributed by atoms with Gasteiger partial charge in [-0.15, -0.1) is 0 Å². The summed E-state index contributed by atoms with van der Waals surface area (Å²) in [5.41, 5.74) is -0.0991. The van der Waals surface area contributed by atoms with E-state index in [0.717, 1.165) is 0 Å². The van der Waals surface area contributed by atoms with Gasteiger partial charge >= 0.3 is 5.69 Å². The van der Waals surface area contributed by atoms with Gasteiger partial charge in [-0.25, -0.2) is 9.97 Å². The monoisotopic (exact) mass is 191 g/mol. The summed E-state index contributed by atoms with van der Waals surface area (Å²) in [5.74, 6) is 0.162. The number of hydrogen-bond donors (Lipinski definition) is 0. The van der Waals surface area contributed by atoms with Crippen LogP contribution in [0.4, 0.5) is 5.69 Å². The number of rotatable bonds is 2. The van der Waals surface area contributed by atoms with Crippen molar-refractivity contribution in [2.75, 3.05) is 0 Å². The topological polar surface area (TPSA) is 86.7 Å². The highest BCUT2D eigenvalue weighted by Gasteiger charge is 2.15. The molecule has 0 aromatic carbocycles. The number of nitrogens with zero attached hydrogens (tertiary/aromatic N) is 5. The summed E-state index contributed by atoms with van der Waals surface area (Å²) in [6.45, 7) is 0. The van der Waals surface area contributed by atoms with E-state index in [2.05, 4.69) is 15.1 Å². The van der Waals surface area contributed by atoms with Crippen molar-refractivity contribution in [3.8, 4) is 5.82 Å². The zero-order valence-electron chi connectivity index (χ0n) is 6.94. The van der Waals surface area contributed by atoms with Crippen molar-refractivity contribution < 1.29 is 4.92 Å². The van der Waals surface area contributed by atoms with Crippen molar-refractivity contribution in [3.63, 3.8) is 0 Å². The Morgan fingerprint density at radius 3 is 3.00 bits per heavy atom. The highest BCUT2D eigenvalue weighted by atomic mass is 16.6. The lowest BCUT2D eigenvalue weighted by molar-refractivity contribution is -0.384. The summed E-state index contributed by atoms with van der Waals surface area (Å²) in [6, 6.07) is 2.86. The maximum atomic E-state index is 10.6. The Balaban J connectivity index is 2.58. The molecule has 0 saturated carbocycles. The third kappa shape index (κ3) is 1.30. The van der Waals surface area contributed by atoms with E-state index in [1.54, 1.807) is 0 Å². The van der Waals surface area contributed by atoms with Gasteiger partial charge in [0.25, 0.3) is 0 Å². The lowest BCUT2D eigenvalue weighted by Gasteiger charge is -1.98. The van der Waals surface area contributed by atoms with Gasteiger partial charge in [0.1, 0.15) is 12.7 Å². The Morgan fingerprint density at radius 2 is 2.36 bits per heavy atom. The summed E-state index contributed by atoms with van der Waals surface area (Å²) in [5, 5.41) is 14.4. The zero-order chi connectivity index (χ0) is 9.97. The Bertz CT molecular complexity index is 453. The summed E-state index contributed by atoms with van der Waals surface area (Å²) in [4.78, 5) is 17.7. The third-order valence-corrected chi connectivity index (χ3v) is 1.60. The maximum absolute atomic E-state index is 10.6. The first kappa shape index (κ1) is 8.30. The molecule has 0 aliphatic carbocycles. The number of aromatic nitrogens is 4. The van der Waals surface area contributed by atoms with Crippen LogP contribution >= 0.6 is 0 Å². The Hall–Kier alpha value is -2.31. The van der Waals surface area contributed by atoms with Crippen LogP contribution in [0.5, 0.6) is 0 Å². The highest BCUT2D eigenvalue weighted by molar-refractivity contribution is 5.45. The molecule has 2 aromatic rings. The summed E-state index contributed by atoms with van der Waals surface area (Å²) in [6.07, 6.45) is 4.11. The fourth-order valence-corrected chi connectivity index (χ4v) is 1.03. The van der Waals surface area contributed by atoms with Gasteiger partial charge in [0.05, 0.1) is 4.92 Å². The molecule has 2 heterocycles. The van der Waals surface area contributed by atoms with E-state index < -0.39 is 4.92 Å². The normalized spacial score (nSPS) is 10.0. The van der Waals surface area contributed by atoms with Crippen LogP contribution < -0.4 is 0 Å². The fourth-order valence-electron chi connectivity index (χ4n) is 1.03. The summed E-state index contributed by atoms with van der Waals surface area (Å²) < 4.78 is 1.25. The van der Waals surface area contributed by atoms with Crippen LogP contribution in [0.2, 0.25) is 0 Å². The van der Waals surface area contributed by atoms with Crippen LogP contribution in [-0.4, -0.2) is 24.7 Å². The van der Waals surface area contributed by atoms with Gasteiger partial charge in [0.2, 0.25) is 5.82 Å². The van der Waals surface area contributed by atoms with Crippen LogP contribution in [0.15, 0.2) is 31.0 Å². The molecule has 0 aliphatic rings. The van der Waals surface area contributed by atoms with Crippen molar-refractivity contribution >= 4 is 5.69 Å². The summed E-state index contributed by atoms with van der Waals surface area (Å²) in [7, 11) is 0. The molecule has 14 heavy (non-hydrogen) atoms. The molecule has 7 heteroatoms. The Kier molecular flexibility index (Phi) is 1.90. The number of hydrogen-bond acceptors (Lipinski definition) is 5. The minimum atomic E-state index is -0.510. The molecule has 7 nitrogen and oxygen atoms in total. The largest absolute Gasteiger partial charge is 0.313 e. The van der Waals surface area contributed by atoms with Gasteiger partial charge in [0, 0.05) is 12.3 Å². The van der Waals surface area contributed by atoms with E-state index >= 15 is 0 Å². The quantitative estimate of drug-likeness (QED) is 0.511. The van der Waals surface area contributed by atoms with Gasteiger partial charge in [-0.3, -0.25) is 10.1 Å². The molecule has 0 amide bonds.